The Hall–Kier alpha value is -1.28. The van der Waals surface area contributed by atoms with Gasteiger partial charge in [-0.25, -0.2) is 0 Å². The van der Waals surface area contributed by atoms with Crippen molar-refractivity contribution >= 4 is 55.7 Å². The topological polar surface area (TPSA) is 63.8 Å². The Bertz CT molecular complexity index is 963. The van der Waals surface area contributed by atoms with E-state index < -0.39 is 10.8 Å². The van der Waals surface area contributed by atoms with Gasteiger partial charge in [-0.1, -0.05) is 64.7 Å². The normalized spacial score (nSPS) is 13.9. The number of carbonyl (C=O) groups excluding carboxylic acids is 2. The van der Waals surface area contributed by atoms with Crippen LogP contribution >= 0.6 is 43.9 Å². The first-order valence-corrected chi connectivity index (χ1v) is 11.1. The van der Waals surface area contributed by atoms with E-state index in [1.54, 1.807) is 64.3 Å². The summed E-state index contributed by atoms with van der Waals surface area (Å²) in [7, 11) is 2.55. The Morgan fingerprint density at radius 1 is 0.852 bits per heavy atom. The summed E-state index contributed by atoms with van der Waals surface area (Å²) in [5.41, 5.74) is -0.617. The predicted octanol–water partition coefficient (Wildman–Crippen LogP) is 4.85. The molecule has 27 heavy (non-hydrogen) atoms. The first-order chi connectivity index (χ1) is 12.3. The number of amides is 2. The average molecular weight is 446 g/mol. The van der Waals surface area contributed by atoms with E-state index in [1.807, 2.05) is 0 Å². The number of hydrogen-bond acceptors (Lipinski definition) is 4. The molecule has 1 aromatic heterocycles. The standard InChI is InChI=1S/C18H21Cl2N3O2S2/c1-17(2,3)13(24)21-15-23(10-7-8-11(19)12(20)9-10)16(27-26-15)22-14(25)18(4,5)6/h7-9H,1-6H3. The number of carbonyl (C=O) groups is 2. The van der Waals surface area contributed by atoms with Crippen molar-refractivity contribution in [3.05, 3.63) is 37.8 Å². The lowest BCUT2D eigenvalue weighted by molar-refractivity contribution is -0.125. The van der Waals surface area contributed by atoms with Crippen molar-refractivity contribution in [1.82, 2.24) is 4.57 Å². The van der Waals surface area contributed by atoms with Gasteiger partial charge in [0.2, 0.25) is 9.60 Å². The van der Waals surface area contributed by atoms with Crippen molar-refractivity contribution in [3.63, 3.8) is 0 Å². The van der Waals surface area contributed by atoms with Crippen LogP contribution < -0.4 is 9.60 Å². The third-order valence-corrected chi connectivity index (χ3v) is 6.22. The number of aromatic nitrogens is 1. The summed E-state index contributed by atoms with van der Waals surface area (Å²) in [6.07, 6.45) is 0. The molecule has 5 nitrogen and oxygen atoms in total. The molecule has 1 heterocycles. The largest absolute Gasteiger partial charge is 0.272 e. The Morgan fingerprint density at radius 2 is 1.30 bits per heavy atom. The van der Waals surface area contributed by atoms with Gasteiger partial charge in [-0.2, -0.15) is 9.98 Å². The highest BCUT2D eigenvalue weighted by molar-refractivity contribution is 7.67. The van der Waals surface area contributed by atoms with Gasteiger partial charge in [0.05, 0.1) is 15.7 Å². The van der Waals surface area contributed by atoms with Gasteiger partial charge < -0.3 is 0 Å². The summed E-state index contributed by atoms with van der Waals surface area (Å²) in [5, 5.41) is 0.771. The van der Waals surface area contributed by atoms with E-state index in [1.165, 1.54) is 20.7 Å². The van der Waals surface area contributed by atoms with Gasteiger partial charge in [0.25, 0.3) is 11.8 Å². The van der Waals surface area contributed by atoms with Crippen LogP contribution in [0, 0.1) is 10.8 Å². The minimum absolute atomic E-state index is 0.265. The van der Waals surface area contributed by atoms with E-state index in [0.717, 1.165) is 0 Å². The molecule has 0 radical (unpaired) electrons. The Labute approximate surface area is 175 Å². The van der Waals surface area contributed by atoms with Crippen LogP contribution in [0.1, 0.15) is 41.5 Å². The molecule has 1 aromatic carbocycles. The molecule has 146 valence electrons. The molecule has 0 aliphatic carbocycles. The van der Waals surface area contributed by atoms with Crippen LogP contribution in [0.4, 0.5) is 0 Å². The monoisotopic (exact) mass is 445 g/mol. The van der Waals surface area contributed by atoms with Gasteiger partial charge >= 0.3 is 0 Å². The van der Waals surface area contributed by atoms with E-state index in [-0.39, 0.29) is 11.8 Å². The number of rotatable bonds is 1. The molecule has 0 aliphatic rings. The molecule has 0 fully saturated rings. The van der Waals surface area contributed by atoms with Crippen LogP contribution in [0.25, 0.3) is 5.69 Å². The third-order valence-electron chi connectivity index (χ3n) is 3.41. The summed E-state index contributed by atoms with van der Waals surface area (Å²) in [5.74, 6) is -0.530. The maximum absolute atomic E-state index is 12.4. The minimum atomic E-state index is -0.622. The minimum Gasteiger partial charge on any atom is -0.272 e. The molecular formula is C18H21Cl2N3O2S2. The maximum atomic E-state index is 12.4. The van der Waals surface area contributed by atoms with Crippen LogP contribution in [0.3, 0.4) is 0 Å². The Balaban J connectivity index is 2.79. The molecular weight excluding hydrogens is 425 g/mol. The molecule has 0 aliphatic heterocycles. The highest BCUT2D eigenvalue weighted by atomic mass is 35.5. The van der Waals surface area contributed by atoms with E-state index in [4.69, 9.17) is 23.2 Å². The van der Waals surface area contributed by atoms with Crippen LogP contribution in [0.5, 0.6) is 0 Å². The molecule has 0 N–H and O–H groups in total. The second-order valence-electron chi connectivity index (χ2n) is 8.00. The molecule has 9 heteroatoms. The summed E-state index contributed by atoms with van der Waals surface area (Å²) in [6, 6.07) is 5.05. The fourth-order valence-corrected chi connectivity index (χ4v) is 4.11. The Kier molecular flexibility index (Phi) is 6.52. The molecule has 0 bridgehead atoms. The van der Waals surface area contributed by atoms with Crippen LogP contribution in [-0.2, 0) is 9.59 Å². The molecule has 0 saturated heterocycles. The van der Waals surface area contributed by atoms with E-state index >= 15 is 0 Å². The van der Waals surface area contributed by atoms with Crippen molar-refractivity contribution in [3.8, 4) is 5.69 Å². The van der Waals surface area contributed by atoms with Crippen LogP contribution in [0.15, 0.2) is 28.2 Å². The summed E-state index contributed by atoms with van der Waals surface area (Å²) in [4.78, 5) is 34.2. The number of halogens is 2. The van der Waals surface area contributed by atoms with Crippen molar-refractivity contribution in [2.75, 3.05) is 0 Å². The lowest BCUT2D eigenvalue weighted by atomic mass is 9.96. The molecule has 0 atom stereocenters. The van der Waals surface area contributed by atoms with E-state index in [0.29, 0.717) is 25.3 Å². The third kappa shape index (κ3) is 5.38. The van der Waals surface area contributed by atoms with Crippen molar-refractivity contribution < 1.29 is 9.59 Å². The zero-order chi connectivity index (χ0) is 20.6. The Morgan fingerprint density at radius 3 is 1.67 bits per heavy atom. The van der Waals surface area contributed by atoms with Crippen molar-refractivity contribution in [1.29, 1.82) is 0 Å². The smallest absolute Gasteiger partial charge is 0.253 e. The first kappa shape index (κ1) is 22.0. The lowest BCUT2D eigenvalue weighted by Crippen LogP contribution is -2.30. The number of nitrogens with zero attached hydrogens (tertiary/aromatic N) is 3. The SMILES string of the molecule is CC(C)(C)C(=O)N=c1ssc(=NC(=O)C(C)(C)C)n1-c1ccc(Cl)c(Cl)c1. The van der Waals surface area contributed by atoms with Crippen LogP contribution in [-0.4, -0.2) is 16.4 Å². The van der Waals surface area contributed by atoms with Gasteiger partial charge in [0.15, 0.2) is 0 Å². The highest BCUT2D eigenvalue weighted by Crippen LogP contribution is 2.24. The van der Waals surface area contributed by atoms with Gasteiger partial charge in [-0.05, 0) is 38.9 Å². The fourth-order valence-electron chi connectivity index (χ4n) is 1.72. The molecule has 0 saturated carbocycles. The van der Waals surface area contributed by atoms with Gasteiger partial charge in [-0.3, -0.25) is 14.2 Å². The first-order valence-electron chi connectivity index (χ1n) is 8.16. The molecule has 2 amide bonds. The van der Waals surface area contributed by atoms with Crippen LogP contribution in [0.2, 0.25) is 10.0 Å². The predicted molar refractivity (Wildman–Crippen MR) is 112 cm³/mol. The highest BCUT2D eigenvalue weighted by Gasteiger charge is 2.23. The number of hydrogen-bond donors (Lipinski definition) is 0. The molecule has 2 rings (SSSR count). The molecule has 0 spiro atoms. The maximum Gasteiger partial charge on any atom is 0.253 e. The second kappa shape index (κ2) is 7.99. The second-order valence-corrected chi connectivity index (χ2v) is 10.9. The molecule has 2 aromatic rings. The van der Waals surface area contributed by atoms with Gasteiger partial charge in [-0.15, -0.1) is 0 Å². The fraction of sp³-hybridized carbons (Fsp3) is 0.444. The zero-order valence-corrected chi connectivity index (χ0v) is 19.1. The lowest BCUT2D eigenvalue weighted by Gasteiger charge is -2.12. The quantitative estimate of drug-likeness (QED) is 0.588. The van der Waals surface area contributed by atoms with E-state index in [9.17, 15) is 9.59 Å². The van der Waals surface area contributed by atoms with Crippen molar-refractivity contribution in [2.45, 2.75) is 41.5 Å². The molecule has 0 unspecified atom stereocenters. The summed E-state index contributed by atoms with van der Waals surface area (Å²) >= 11 is 12.2. The van der Waals surface area contributed by atoms with Gasteiger partial charge in [0.1, 0.15) is 0 Å². The van der Waals surface area contributed by atoms with Gasteiger partial charge in [0, 0.05) is 10.8 Å². The number of benzene rings is 1. The summed E-state index contributed by atoms with van der Waals surface area (Å²) in [6.45, 7) is 10.8. The van der Waals surface area contributed by atoms with Crippen molar-refractivity contribution in [2.24, 2.45) is 20.8 Å². The zero-order valence-electron chi connectivity index (χ0n) is 16.0. The van der Waals surface area contributed by atoms with E-state index in [2.05, 4.69) is 9.98 Å². The summed E-state index contributed by atoms with van der Waals surface area (Å²) < 4.78 is 1.66. The average Bonchev–Trinajstić information content (AvgIpc) is 2.90.